The van der Waals surface area contributed by atoms with Gasteiger partial charge in [0, 0.05) is 37.8 Å². The fourth-order valence-electron chi connectivity index (χ4n) is 5.44. The minimum absolute atomic E-state index is 0.00611. The van der Waals surface area contributed by atoms with E-state index in [4.69, 9.17) is 4.74 Å². The molecule has 0 aliphatic carbocycles. The molecule has 4 aromatic rings. The molecule has 0 bridgehead atoms. The molecule has 0 unspecified atom stereocenters. The molecule has 2 aromatic heterocycles. The molecule has 1 amide bonds. The Morgan fingerprint density at radius 3 is 2.76 bits per heavy atom. The number of nitrogens with zero attached hydrogens (tertiary/aromatic N) is 4. The molecule has 1 fully saturated rings. The summed E-state index contributed by atoms with van der Waals surface area (Å²) in [7, 11) is 0. The van der Waals surface area contributed by atoms with Crippen molar-refractivity contribution in [2.45, 2.75) is 45.6 Å². The van der Waals surface area contributed by atoms with Gasteiger partial charge in [-0.1, -0.05) is 18.2 Å². The van der Waals surface area contributed by atoms with Gasteiger partial charge in [0.1, 0.15) is 5.82 Å². The summed E-state index contributed by atoms with van der Waals surface area (Å²) in [4.78, 5) is 31.3. The lowest BCUT2D eigenvalue weighted by molar-refractivity contribution is 0.0734. The van der Waals surface area contributed by atoms with Crippen LogP contribution in [-0.2, 0) is 17.7 Å². The molecule has 174 valence electrons. The van der Waals surface area contributed by atoms with Gasteiger partial charge >= 0.3 is 0 Å². The van der Waals surface area contributed by atoms with E-state index in [0.717, 1.165) is 36.2 Å². The third-order valence-corrected chi connectivity index (χ3v) is 7.33. The molecule has 1 N–H and O–H groups in total. The second-order valence-electron chi connectivity index (χ2n) is 9.43. The molecule has 2 aromatic carbocycles. The lowest BCUT2D eigenvalue weighted by Gasteiger charge is -2.30. The smallest absolute Gasteiger partial charge is 0.294 e. The maximum absolute atomic E-state index is 13.7. The van der Waals surface area contributed by atoms with Crippen LogP contribution in [0.1, 0.15) is 57.2 Å². The first kappa shape index (κ1) is 21.0. The van der Waals surface area contributed by atoms with Gasteiger partial charge in [-0.3, -0.25) is 14.0 Å². The summed E-state index contributed by atoms with van der Waals surface area (Å²) in [5.74, 6) is 0.932. The fraction of sp³-hybridized carbons (Fsp3) is 0.385. The quantitative estimate of drug-likeness (QED) is 0.499. The predicted octanol–water partition coefficient (Wildman–Crippen LogP) is 3.28. The Balaban J connectivity index is 1.46. The Bertz CT molecular complexity index is 1500. The molecule has 4 heterocycles. The van der Waals surface area contributed by atoms with E-state index in [2.05, 4.69) is 40.3 Å². The molecule has 1 saturated heterocycles. The lowest BCUT2D eigenvalue weighted by Crippen LogP contribution is -2.36. The minimum atomic E-state index is -0.278. The molecule has 0 radical (unpaired) electrons. The average Bonchev–Trinajstić information content (AvgIpc) is 3.30. The number of H-pyrrole nitrogens is 1. The van der Waals surface area contributed by atoms with Crippen molar-refractivity contribution < 1.29 is 9.53 Å². The zero-order valence-electron chi connectivity index (χ0n) is 19.4. The maximum Gasteiger partial charge on any atom is 0.294 e. The second kappa shape index (κ2) is 8.06. The predicted molar refractivity (Wildman–Crippen MR) is 128 cm³/mol. The highest BCUT2D eigenvalue weighted by Gasteiger charge is 2.26. The Hall–Kier alpha value is -3.52. The van der Waals surface area contributed by atoms with E-state index < -0.39 is 0 Å². The van der Waals surface area contributed by atoms with Crippen LogP contribution in [0.15, 0.2) is 35.1 Å². The van der Waals surface area contributed by atoms with Crippen molar-refractivity contribution >= 4 is 22.6 Å². The number of amides is 1. The Morgan fingerprint density at radius 2 is 1.94 bits per heavy atom. The van der Waals surface area contributed by atoms with Crippen LogP contribution in [-0.4, -0.2) is 50.1 Å². The fourth-order valence-corrected chi connectivity index (χ4v) is 5.44. The molecule has 0 atom stereocenters. The Labute approximate surface area is 196 Å². The largest absolute Gasteiger partial charge is 0.381 e. The number of benzene rings is 2. The number of aromatic nitrogens is 4. The number of fused-ring (bicyclic) bond motifs is 4. The van der Waals surface area contributed by atoms with Gasteiger partial charge in [0.25, 0.3) is 11.5 Å². The SMILES string of the molecule is Cc1cc2[nH]c(=O)c3nnc(C4CCOCC4)n3c2cc1C(=O)N1CCc2c(C)cccc2C1. The van der Waals surface area contributed by atoms with Crippen molar-refractivity contribution in [1.29, 1.82) is 0 Å². The summed E-state index contributed by atoms with van der Waals surface area (Å²) in [6.07, 6.45) is 2.52. The summed E-state index contributed by atoms with van der Waals surface area (Å²) >= 11 is 0. The third-order valence-electron chi connectivity index (χ3n) is 7.33. The van der Waals surface area contributed by atoms with E-state index in [1.807, 2.05) is 28.4 Å². The first-order valence-corrected chi connectivity index (χ1v) is 11.9. The molecule has 34 heavy (non-hydrogen) atoms. The van der Waals surface area contributed by atoms with Gasteiger partial charge in [0.2, 0.25) is 5.65 Å². The van der Waals surface area contributed by atoms with Crippen LogP contribution in [0, 0.1) is 13.8 Å². The normalized spacial score (nSPS) is 16.8. The highest BCUT2D eigenvalue weighted by Crippen LogP contribution is 2.29. The Kier molecular flexibility index (Phi) is 4.99. The van der Waals surface area contributed by atoms with Crippen molar-refractivity contribution in [2.75, 3.05) is 19.8 Å². The topological polar surface area (TPSA) is 92.6 Å². The Morgan fingerprint density at radius 1 is 1.12 bits per heavy atom. The monoisotopic (exact) mass is 457 g/mol. The number of carbonyl (C=O) groups excluding carboxylic acids is 1. The molecular weight excluding hydrogens is 430 g/mol. The standard InChI is InChI=1S/C26H27N5O3/c1-15-4-3-5-18-14-30(9-6-19(15)18)26(33)20-13-22-21(12-16(20)2)27-25(32)24-29-28-23(31(22)24)17-7-10-34-11-8-17/h3-5,12-13,17H,6-11,14H2,1-2H3,(H,27,32). The molecule has 0 saturated carbocycles. The van der Waals surface area contributed by atoms with Crippen LogP contribution in [0.25, 0.3) is 16.7 Å². The van der Waals surface area contributed by atoms with Crippen molar-refractivity contribution in [3.8, 4) is 0 Å². The summed E-state index contributed by atoms with van der Waals surface area (Å²) in [6, 6.07) is 10.1. The molecule has 2 aliphatic rings. The third kappa shape index (κ3) is 3.32. The van der Waals surface area contributed by atoms with E-state index in [0.29, 0.717) is 37.4 Å². The molecule has 6 rings (SSSR count). The van der Waals surface area contributed by atoms with E-state index in [1.54, 1.807) is 0 Å². The number of ether oxygens (including phenoxy) is 1. The van der Waals surface area contributed by atoms with Crippen LogP contribution in [0.3, 0.4) is 0 Å². The minimum Gasteiger partial charge on any atom is -0.381 e. The van der Waals surface area contributed by atoms with Gasteiger partial charge in [0.15, 0.2) is 0 Å². The van der Waals surface area contributed by atoms with E-state index >= 15 is 0 Å². The van der Waals surface area contributed by atoms with Crippen molar-refractivity contribution in [2.24, 2.45) is 0 Å². The summed E-state index contributed by atoms with van der Waals surface area (Å²) in [6.45, 7) is 6.68. The van der Waals surface area contributed by atoms with Gasteiger partial charge in [-0.25, -0.2) is 0 Å². The highest BCUT2D eigenvalue weighted by molar-refractivity contribution is 5.99. The number of hydrogen-bond acceptors (Lipinski definition) is 5. The van der Waals surface area contributed by atoms with Crippen molar-refractivity contribution in [3.63, 3.8) is 0 Å². The van der Waals surface area contributed by atoms with Crippen molar-refractivity contribution in [1.82, 2.24) is 24.5 Å². The van der Waals surface area contributed by atoms with Crippen molar-refractivity contribution in [3.05, 3.63) is 74.3 Å². The molecule has 2 aliphatic heterocycles. The van der Waals surface area contributed by atoms with E-state index in [1.165, 1.54) is 16.7 Å². The number of aromatic amines is 1. The van der Waals surface area contributed by atoms with Crippen LogP contribution in [0.2, 0.25) is 0 Å². The molecule has 8 heteroatoms. The van der Waals surface area contributed by atoms with Gasteiger partial charge < -0.3 is 14.6 Å². The van der Waals surface area contributed by atoms with Gasteiger partial charge in [-0.15, -0.1) is 10.2 Å². The highest BCUT2D eigenvalue weighted by atomic mass is 16.5. The van der Waals surface area contributed by atoms with E-state index in [9.17, 15) is 9.59 Å². The first-order chi connectivity index (χ1) is 16.5. The molecule has 8 nitrogen and oxygen atoms in total. The zero-order valence-corrected chi connectivity index (χ0v) is 19.4. The first-order valence-electron chi connectivity index (χ1n) is 11.9. The van der Waals surface area contributed by atoms with Crippen LogP contribution < -0.4 is 5.56 Å². The van der Waals surface area contributed by atoms with Gasteiger partial charge in [0.05, 0.1) is 11.0 Å². The van der Waals surface area contributed by atoms with E-state index in [-0.39, 0.29) is 23.0 Å². The van der Waals surface area contributed by atoms with Crippen LogP contribution in [0.5, 0.6) is 0 Å². The van der Waals surface area contributed by atoms with Crippen LogP contribution in [0.4, 0.5) is 0 Å². The molecular formula is C26H27N5O3. The maximum atomic E-state index is 13.7. The number of hydrogen-bond donors (Lipinski definition) is 1. The number of nitrogens with one attached hydrogen (secondary N) is 1. The number of rotatable bonds is 2. The van der Waals surface area contributed by atoms with Crippen LogP contribution >= 0.6 is 0 Å². The van der Waals surface area contributed by atoms with Gasteiger partial charge in [-0.2, -0.15) is 0 Å². The number of aryl methyl sites for hydroxylation is 2. The van der Waals surface area contributed by atoms with Gasteiger partial charge in [-0.05, 0) is 67.5 Å². The zero-order chi connectivity index (χ0) is 23.4. The number of carbonyl (C=O) groups is 1. The summed E-state index contributed by atoms with van der Waals surface area (Å²) < 4.78 is 7.35. The summed E-state index contributed by atoms with van der Waals surface area (Å²) in [5.41, 5.74) is 6.75. The lowest BCUT2D eigenvalue weighted by atomic mass is 9.94. The molecule has 0 spiro atoms. The summed E-state index contributed by atoms with van der Waals surface area (Å²) in [5, 5.41) is 8.59. The average molecular weight is 458 g/mol. The second-order valence-corrected chi connectivity index (χ2v) is 9.43.